The zero-order chi connectivity index (χ0) is 20.9. The maximum absolute atomic E-state index is 11.1. The van der Waals surface area contributed by atoms with Gasteiger partial charge in [0, 0.05) is 6.54 Å². The molecule has 156 valence electrons. The zero-order valence-electron chi connectivity index (χ0n) is 17.0. The number of rotatable bonds is 12. The number of carbonyl (C=O) groups excluding carboxylic acids is 1. The van der Waals surface area contributed by atoms with Gasteiger partial charge in [0.15, 0.2) is 6.61 Å². The molecule has 0 aliphatic carbocycles. The van der Waals surface area contributed by atoms with Gasteiger partial charge in [-0.15, -0.1) is 0 Å². The lowest BCUT2D eigenvalue weighted by molar-refractivity contribution is -0.142. The molecule has 0 spiro atoms. The second-order valence-electron chi connectivity index (χ2n) is 6.44. The minimum absolute atomic E-state index is 0.105. The number of hydrogen-bond donors (Lipinski definition) is 2. The van der Waals surface area contributed by atoms with Gasteiger partial charge in [0.2, 0.25) is 0 Å². The zero-order valence-corrected chi connectivity index (χ0v) is 17.0. The van der Waals surface area contributed by atoms with E-state index in [9.17, 15) is 9.90 Å². The number of aliphatic hydroxyl groups is 1. The van der Waals surface area contributed by atoms with Crippen molar-refractivity contribution in [1.82, 2.24) is 5.32 Å². The van der Waals surface area contributed by atoms with Crippen molar-refractivity contribution >= 4 is 11.5 Å². The van der Waals surface area contributed by atoms with Crippen LogP contribution in [0.5, 0.6) is 11.5 Å². The summed E-state index contributed by atoms with van der Waals surface area (Å²) in [4.78, 5) is 11.1. The second kappa shape index (κ2) is 12.6. The van der Waals surface area contributed by atoms with Crippen LogP contribution >= 0.6 is 0 Å². The Morgan fingerprint density at radius 1 is 1.07 bits per heavy atom. The minimum atomic E-state index is -0.574. The summed E-state index contributed by atoms with van der Waals surface area (Å²) in [6.45, 7) is 3.35. The highest BCUT2D eigenvalue weighted by Crippen LogP contribution is 2.21. The van der Waals surface area contributed by atoms with Crippen molar-refractivity contribution in [3.8, 4) is 11.5 Å². The summed E-state index contributed by atoms with van der Waals surface area (Å²) < 4.78 is 15.5. The monoisotopic (exact) mass is 399 g/mol. The third kappa shape index (κ3) is 8.37. The van der Waals surface area contributed by atoms with Crippen LogP contribution < -0.4 is 14.8 Å². The average Bonchev–Trinajstić information content (AvgIpc) is 2.77. The number of allylic oxidation sites excluding steroid dienone is 1. The van der Waals surface area contributed by atoms with Gasteiger partial charge >= 0.3 is 5.97 Å². The highest BCUT2D eigenvalue weighted by molar-refractivity contribution is 5.71. The SMILES string of the molecule is C/C=C(\CCNCC(O)COc1ccccc1)c1ccc(OCC(=O)OC)cc1. The molecule has 2 N–H and O–H groups in total. The molecule has 1 unspecified atom stereocenters. The van der Waals surface area contributed by atoms with E-state index in [-0.39, 0.29) is 13.2 Å². The molecule has 0 heterocycles. The summed E-state index contributed by atoms with van der Waals surface area (Å²) in [5.74, 6) is 0.960. The van der Waals surface area contributed by atoms with Gasteiger partial charge in [-0.3, -0.25) is 0 Å². The predicted molar refractivity (Wildman–Crippen MR) is 113 cm³/mol. The van der Waals surface area contributed by atoms with Gasteiger partial charge in [0.25, 0.3) is 0 Å². The molecule has 0 aliphatic rings. The molecule has 0 radical (unpaired) electrons. The van der Waals surface area contributed by atoms with E-state index in [1.54, 1.807) is 0 Å². The van der Waals surface area contributed by atoms with E-state index in [1.165, 1.54) is 12.7 Å². The highest BCUT2D eigenvalue weighted by atomic mass is 16.6. The van der Waals surface area contributed by atoms with Crippen LogP contribution in [0.25, 0.3) is 5.57 Å². The molecule has 0 saturated heterocycles. The largest absolute Gasteiger partial charge is 0.491 e. The summed E-state index contributed by atoms with van der Waals surface area (Å²) in [7, 11) is 1.33. The molecule has 0 saturated carbocycles. The van der Waals surface area contributed by atoms with E-state index < -0.39 is 12.1 Å². The number of nitrogens with one attached hydrogen (secondary N) is 1. The predicted octanol–water partition coefficient (Wildman–Crippen LogP) is 3.06. The Morgan fingerprint density at radius 2 is 1.76 bits per heavy atom. The van der Waals surface area contributed by atoms with Crippen LogP contribution in [0.15, 0.2) is 60.7 Å². The number of methoxy groups -OCH3 is 1. The Morgan fingerprint density at radius 3 is 2.41 bits per heavy atom. The van der Waals surface area contributed by atoms with Crippen LogP contribution in [0.2, 0.25) is 0 Å². The first-order valence-corrected chi connectivity index (χ1v) is 9.64. The Hall–Kier alpha value is -2.83. The Balaban J connectivity index is 1.69. The Bertz CT molecular complexity index is 759. The minimum Gasteiger partial charge on any atom is -0.491 e. The molecule has 2 rings (SSSR count). The van der Waals surface area contributed by atoms with Gasteiger partial charge in [-0.1, -0.05) is 36.4 Å². The number of esters is 1. The number of para-hydroxylation sites is 1. The maximum Gasteiger partial charge on any atom is 0.343 e. The number of hydrogen-bond acceptors (Lipinski definition) is 6. The van der Waals surface area contributed by atoms with Crippen molar-refractivity contribution in [1.29, 1.82) is 0 Å². The maximum atomic E-state index is 11.1. The number of benzene rings is 2. The van der Waals surface area contributed by atoms with E-state index in [2.05, 4.69) is 16.1 Å². The van der Waals surface area contributed by atoms with Gasteiger partial charge in [-0.2, -0.15) is 0 Å². The van der Waals surface area contributed by atoms with Crippen LogP contribution in [0.3, 0.4) is 0 Å². The summed E-state index contributed by atoms with van der Waals surface area (Å²) in [6, 6.07) is 17.0. The Kier molecular flexibility index (Phi) is 9.75. The van der Waals surface area contributed by atoms with Gasteiger partial charge in [0.1, 0.15) is 24.2 Å². The number of carbonyl (C=O) groups is 1. The molecule has 2 aromatic rings. The molecule has 0 fully saturated rings. The molecular weight excluding hydrogens is 370 g/mol. The van der Waals surface area contributed by atoms with Crippen molar-refractivity contribution in [2.24, 2.45) is 0 Å². The summed E-state index contributed by atoms with van der Waals surface area (Å²) in [6.07, 6.45) is 2.32. The lowest BCUT2D eigenvalue weighted by atomic mass is 10.0. The standard InChI is InChI=1S/C23H29NO5/c1-3-18(19-9-11-22(12-10-19)29-17-23(26)27-2)13-14-24-15-20(25)16-28-21-7-5-4-6-8-21/h3-12,20,24-25H,13-17H2,1-2H3/b18-3+. The lowest BCUT2D eigenvalue weighted by Crippen LogP contribution is -2.32. The summed E-state index contributed by atoms with van der Waals surface area (Å²) in [5, 5.41) is 13.3. The molecular formula is C23H29NO5. The van der Waals surface area contributed by atoms with Crippen molar-refractivity contribution in [3.05, 3.63) is 66.2 Å². The fourth-order valence-electron chi connectivity index (χ4n) is 2.68. The first-order valence-electron chi connectivity index (χ1n) is 9.64. The molecule has 0 bridgehead atoms. The van der Waals surface area contributed by atoms with Crippen molar-refractivity contribution < 1.29 is 24.1 Å². The first-order chi connectivity index (χ1) is 14.1. The lowest BCUT2D eigenvalue weighted by Gasteiger charge is -2.14. The van der Waals surface area contributed by atoms with Gasteiger partial charge in [-0.05, 0) is 55.3 Å². The van der Waals surface area contributed by atoms with Crippen molar-refractivity contribution in [2.45, 2.75) is 19.4 Å². The van der Waals surface area contributed by atoms with Gasteiger partial charge in [-0.25, -0.2) is 4.79 Å². The van der Waals surface area contributed by atoms with Crippen molar-refractivity contribution in [3.63, 3.8) is 0 Å². The van der Waals surface area contributed by atoms with Crippen LogP contribution in [0.4, 0.5) is 0 Å². The number of ether oxygens (including phenoxy) is 3. The van der Waals surface area contributed by atoms with Crippen LogP contribution in [0.1, 0.15) is 18.9 Å². The first kappa shape index (κ1) is 22.5. The highest BCUT2D eigenvalue weighted by Gasteiger charge is 2.07. The second-order valence-corrected chi connectivity index (χ2v) is 6.44. The third-order valence-electron chi connectivity index (χ3n) is 4.29. The molecule has 6 nitrogen and oxygen atoms in total. The molecule has 6 heteroatoms. The fraction of sp³-hybridized carbons (Fsp3) is 0.348. The van der Waals surface area contributed by atoms with Crippen molar-refractivity contribution in [2.75, 3.05) is 33.4 Å². The quantitative estimate of drug-likeness (QED) is 0.422. The van der Waals surface area contributed by atoms with E-state index in [1.807, 2.05) is 61.5 Å². The van der Waals surface area contributed by atoms with Gasteiger partial charge < -0.3 is 24.6 Å². The van der Waals surface area contributed by atoms with Crippen LogP contribution in [0, 0.1) is 0 Å². The topological polar surface area (TPSA) is 77.0 Å². The summed E-state index contributed by atoms with van der Waals surface area (Å²) in [5.41, 5.74) is 2.28. The molecule has 0 amide bonds. The average molecular weight is 399 g/mol. The van der Waals surface area contributed by atoms with E-state index in [4.69, 9.17) is 9.47 Å². The normalized spacial score (nSPS) is 12.3. The molecule has 0 aromatic heterocycles. The number of aliphatic hydroxyl groups excluding tert-OH is 1. The van der Waals surface area contributed by atoms with Crippen LogP contribution in [-0.4, -0.2) is 50.6 Å². The smallest absolute Gasteiger partial charge is 0.343 e. The third-order valence-corrected chi connectivity index (χ3v) is 4.29. The molecule has 29 heavy (non-hydrogen) atoms. The van der Waals surface area contributed by atoms with E-state index >= 15 is 0 Å². The van der Waals surface area contributed by atoms with Crippen LogP contribution in [-0.2, 0) is 9.53 Å². The molecule has 0 aliphatic heterocycles. The summed E-state index contributed by atoms with van der Waals surface area (Å²) >= 11 is 0. The van der Waals surface area contributed by atoms with E-state index in [0.717, 1.165) is 24.3 Å². The molecule has 2 aromatic carbocycles. The molecule has 1 atom stereocenters. The Labute approximate surface area is 172 Å². The van der Waals surface area contributed by atoms with E-state index in [0.29, 0.717) is 12.3 Å². The van der Waals surface area contributed by atoms with Gasteiger partial charge in [0.05, 0.1) is 7.11 Å². The fourth-order valence-corrected chi connectivity index (χ4v) is 2.68.